The molecule has 12 heteroatoms. The molecule has 1 aliphatic heterocycles. The summed E-state index contributed by atoms with van der Waals surface area (Å²) < 4.78 is 109. The summed E-state index contributed by atoms with van der Waals surface area (Å²) in [4.78, 5) is 26.8. The van der Waals surface area contributed by atoms with Crippen molar-refractivity contribution in [3.05, 3.63) is 93.8 Å². The third-order valence-corrected chi connectivity index (χ3v) is 6.29. The minimum atomic E-state index is -6.30. The van der Waals surface area contributed by atoms with Gasteiger partial charge in [0, 0.05) is 16.8 Å². The van der Waals surface area contributed by atoms with Crippen LogP contribution in [-0.4, -0.2) is 24.2 Å². The number of rotatable bonds is 4. The van der Waals surface area contributed by atoms with Gasteiger partial charge in [0.25, 0.3) is 11.8 Å². The van der Waals surface area contributed by atoms with Gasteiger partial charge in [0.05, 0.1) is 17.8 Å². The number of aryl methyl sites for hydroxylation is 2. The molecule has 0 radical (unpaired) electrons. The summed E-state index contributed by atoms with van der Waals surface area (Å²) in [6.45, 7) is 2.21. The van der Waals surface area contributed by atoms with E-state index >= 15 is 4.39 Å². The molecule has 38 heavy (non-hydrogen) atoms. The highest BCUT2D eigenvalue weighted by Gasteiger charge is 2.73. The Morgan fingerprint density at radius 2 is 1.45 bits per heavy atom. The molecular formula is C26H18F8N2O2. The quantitative estimate of drug-likeness (QED) is 0.356. The molecule has 1 aliphatic rings. The number of carbonyl (C=O) groups is 2. The van der Waals surface area contributed by atoms with Gasteiger partial charge >= 0.3 is 18.0 Å². The number of hydrogen-bond donors (Lipinski definition) is 1. The van der Waals surface area contributed by atoms with Crippen LogP contribution in [0.15, 0.2) is 54.6 Å². The van der Waals surface area contributed by atoms with Crippen molar-refractivity contribution in [2.24, 2.45) is 0 Å². The molecule has 0 atom stereocenters. The maximum absolute atomic E-state index is 15.4. The van der Waals surface area contributed by atoms with Gasteiger partial charge in [-0.1, -0.05) is 36.4 Å². The van der Waals surface area contributed by atoms with Crippen LogP contribution in [0.25, 0.3) is 0 Å². The van der Waals surface area contributed by atoms with Crippen LogP contribution in [0.2, 0.25) is 0 Å². The highest BCUT2D eigenvalue weighted by atomic mass is 19.4. The number of benzene rings is 3. The Hall–Kier alpha value is -3.96. The van der Waals surface area contributed by atoms with Gasteiger partial charge < -0.3 is 10.2 Å². The van der Waals surface area contributed by atoms with E-state index in [0.29, 0.717) is 23.3 Å². The highest BCUT2D eigenvalue weighted by Crippen LogP contribution is 2.53. The second-order valence-electron chi connectivity index (χ2n) is 8.78. The molecule has 0 saturated carbocycles. The second kappa shape index (κ2) is 9.10. The average molecular weight is 542 g/mol. The largest absolute Gasteiger partial charge is 0.435 e. The number of halogens is 8. The van der Waals surface area contributed by atoms with Crippen LogP contribution in [0.1, 0.15) is 43.0 Å². The first-order chi connectivity index (χ1) is 17.6. The van der Waals surface area contributed by atoms with Gasteiger partial charge in [0.1, 0.15) is 0 Å². The first-order valence-electron chi connectivity index (χ1n) is 11.0. The number of hydrogen-bond acceptors (Lipinski definition) is 2. The van der Waals surface area contributed by atoms with E-state index in [1.807, 2.05) is 0 Å². The SMILES string of the molecule is Cc1cc(C(F)(C(F)(F)F)C(F)(F)F)cc(C)c1NC(=O)c1cccc(N2Cc3ccccc3C2=O)c1F. The smallest absolute Gasteiger partial charge is 0.321 e. The molecule has 0 fully saturated rings. The Morgan fingerprint density at radius 1 is 0.868 bits per heavy atom. The van der Waals surface area contributed by atoms with E-state index in [1.54, 1.807) is 24.3 Å². The molecule has 0 saturated heterocycles. The fourth-order valence-corrected chi connectivity index (χ4v) is 4.38. The number of alkyl halides is 7. The van der Waals surface area contributed by atoms with Crippen LogP contribution in [0.5, 0.6) is 0 Å². The Kier molecular flexibility index (Phi) is 6.49. The monoisotopic (exact) mass is 542 g/mol. The number of nitrogens with zero attached hydrogens (tertiary/aromatic N) is 1. The average Bonchev–Trinajstić information content (AvgIpc) is 3.15. The lowest BCUT2D eigenvalue weighted by molar-refractivity contribution is -0.348. The molecule has 200 valence electrons. The van der Waals surface area contributed by atoms with Crippen molar-refractivity contribution in [3.63, 3.8) is 0 Å². The van der Waals surface area contributed by atoms with Crippen LogP contribution in [-0.2, 0) is 12.2 Å². The second-order valence-corrected chi connectivity index (χ2v) is 8.78. The zero-order valence-corrected chi connectivity index (χ0v) is 19.7. The zero-order valence-electron chi connectivity index (χ0n) is 19.7. The maximum atomic E-state index is 15.4. The third kappa shape index (κ3) is 4.27. The lowest BCUT2D eigenvalue weighted by Crippen LogP contribution is -2.50. The standard InChI is InChI=1S/C26H18F8N2O2/c1-13-10-16(24(28,25(29,30)31)26(32,33)34)11-14(2)21(13)35-22(37)18-8-5-9-19(20(18)27)36-12-15-6-3-4-7-17(15)23(36)38/h3-11H,12H2,1-2H3,(H,35,37). The van der Waals surface area contributed by atoms with Crippen molar-refractivity contribution in [3.8, 4) is 0 Å². The minimum absolute atomic E-state index is 0.0556. The predicted octanol–water partition coefficient (Wildman–Crippen LogP) is 7.14. The van der Waals surface area contributed by atoms with E-state index in [-0.39, 0.29) is 29.0 Å². The molecule has 1 heterocycles. The summed E-state index contributed by atoms with van der Waals surface area (Å²) in [7, 11) is 0. The molecular weight excluding hydrogens is 524 g/mol. The molecule has 4 rings (SSSR count). The van der Waals surface area contributed by atoms with E-state index in [9.17, 15) is 40.3 Å². The van der Waals surface area contributed by atoms with Gasteiger partial charge in [-0.3, -0.25) is 9.59 Å². The fraction of sp³-hybridized carbons (Fsp3) is 0.231. The molecule has 0 bridgehead atoms. The van der Waals surface area contributed by atoms with Crippen molar-refractivity contribution in [2.75, 3.05) is 10.2 Å². The maximum Gasteiger partial charge on any atom is 0.435 e. The van der Waals surface area contributed by atoms with Crippen LogP contribution >= 0.6 is 0 Å². The van der Waals surface area contributed by atoms with Crippen molar-refractivity contribution in [1.82, 2.24) is 0 Å². The molecule has 2 amide bonds. The van der Waals surface area contributed by atoms with Gasteiger partial charge in [0.15, 0.2) is 5.82 Å². The van der Waals surface area contributed by atoms with Gasteiger partial charge in [-0.2, -0.15) is 26.3 Å². The number of nitrogens with one attached hydrogen (secondary N) is 1. The van der Waals surface area contributed by atoms with E-state index in [2.05, 4.69) is 5.32 Å². The predicted molar refractivity (Wildman–Crippen MR) is 122 cm³/mol. The van der Waals surface area contributed by atoms with Crippen molar-refractivity contribution in [1.29, 1.82) is 0 Å². The summed E-state index contributed by atoms with van der Waals surface area (Å²) in [5.41, 5.74) is -7.89. The number of amides is 2. The van der Waals surface area contributed by atoms with E-state index < -0.39 is 46.8 Å². The molecule has 3 aromatic carbocycles. The van der Waals surface area contributed by atoms with Crippen LogP contribution in [0.3, 0.4) is 0 Å². The Balaban J connectivity index is 1.66. The van der Waals surface area contributed by atoms with Crippen LogP contribution < -0.4 is 10.2 Å². The third-order valence-electron chi connectivity index (χ3n) is 6.29. The number of fused-ring (bicyclic) bond motifs is 1. The van der Waals surface area contributed by atoms with E-state index in [0.717, 1.165) is 24.8 Å². The number of carbonyl (C=O) groups excluding carboxylic acids is 2. The van der Waals surface area contributed by atoms with E-state index in [1.165, 1.54) is 12.1 Å². The lowest BCUT2D eigenvalue weighted by atomic mass is 9.90. The van der Waals surface area contributed by atoms with Gasteiger partial charge in [-0.25, -0.2) is 8.78 Å². The fourth-order valence-electron chi connectivity index (χ4n) is 4.38. The molecule has 3 aromatic rings. The molecule has 4 nitrogen and oxygen atoms in total. The minimum Gasteiger partial charge on any atom is -0.321 e. The van der Waals surface area contributed by atoms with Crippen LogP contribution in [0, 0.1) is 19.7 Å². The topological polar surface area (TPSA) is 49.4 Å². The normalized spacial score (nSPS) is 14.1. The summed E-state index contributed by atoms with van der Waals surface area (Å²) in [5, 5.41) is 2.27. The van der Waals surface area contributed by atoms with Gasteiger partial charge in [-0.15, -0.1) is 0 Å². The molecule has 0 unspecified atom stereocenters. The van der Waals surface area contributed by atoms with Crippen molar-refractivity contribution < 1.29 is 44.7 Å². The molecule has 1 N–H and O–H groups in total. The van der Waals surface area contributed by atoms with Crippen molar-refractivity contribution in [2.45, 2.75) is 38.4 Å². The first kappa shape index (κ1) is 27.1. The van der Waals surface area contributed by atoms with E-state index in [4.69, 9.17) is 0 Å². The summed E-state index contributed by atoms with van der Waals surface area (Å²) >= 11 is 0. The van der Waals surface area contributed by atoms with Crippen molar-refractivity contribution >= 4 is 23.2 Å². The Labute approximate surface area is 210 Å². The van der Waals surface area contributed by atoms with Gasteiger partial charge in [-0.05, 0) is 48.7 Å². The van der Waals surface area contributed by atoms with Gasteiger partial charge in [0.2, 0.25) is 0 Å². The molecule has 0 spiro atoms. The Morgan fingerprint density at radius 3 is 2.00 bits per heavy atom. The first-order valence-corrected chi connectivity index (χ1v) is 11.0. The molecule has 0 aromatic heterocycles. The Bertz CT molecular complexity index is 1410. The summed E-state index contributed by atoms with van der Waals surface area (Å²) in [5.74, 6) is -2.62. The molecule has 0 aliphatic carbocycles. The summed E-state index contributed by atoms with van der Waals surface area (Å²) in [6.07, 6.45) is -12.6. The highest BCUT2D eigenvalue weighted by molar-refractivity contribution is 6.11. The number of anilines is 2. The zero-order chi connectivity index (χ0) is 28.2. The van der Waals surface area contributed by atoms with Crippen LogP contribution in [0.4, 0.5) is 46.5 Å². The summed E-state index contributed by atoms with van der Waals surface area (Å²) in [6, 6.07) is 11.0. The lowest BCUT2D eigenvalue weighted by Gasteiger charge is -2.31.